The zero-order valence-corrected chi connectivity index (χ0v) is 29.1. The van der Waals surface area contributed by atoms with Crippen LogP contribution in [0.1, 0.15) is 63.5 Å². The van der Waals surface area contributed by atoms with Crippen LogP contribution in [0.15, 0.2) is 89.8 Å². The molecule has 4 N–H and O–H groups in total. The number of alkyl carbamates (subject to hydrolysis) is 1. The largest absolute Gasteiger partial charge is 0.468 e. The Balaban J connectivity index is 1.81. The third kappa shape index (κ3) is 10.5. The van der Waals surface area contributed by atoms with E-state index in [9.17, 15) is 22.8 Å². The van der Waals surface area contributed by atoms with Crippen LogP contribution >= 0.6 is 0 Å². The van der Waals surface area contributed by atoms with E-state index >= 15 is 0 Å². The summed E-state index contributed by atoms with van der Waals surface area (Å²) in [6, 6.07) is 22.2. The van der Waals surface area contributed by atoms with E-state index in [1.165, 1.54) is 42.8 Å². The fraction of sp³-hybridized carbons (Fsp3) is 0.417. The Kier molecular flexibility index (Phi) is 14.4. The molecule has 260 valence electrons. The molecule has 3 aromatic carbocycles. The van der Waals surface area contributed by atoms with Gasteiger partial charge >= 0.3 is 12.1 Å². The van der Waals surface area contributed by atoms with Crippen LogP contribution in [0.5, 0.6) is 0 Å². The van der Waals surface area contributed by atoms with Crippen molar-refractivity contribution in [3.8, 4) is 0 Å². The molecule has 48 heavy (non-hydrogen) atoms. The van der Waals surface area contributed by atoms with Crippen LogP contribution in [0.2, 0.25) is 0 Å². The first-order chi connectivity index (χ1) is 22.9. The number of hydrogen-bond acceptors (Lipinski definition) is 8. The number of ether oxygens (including phenoxy) is 2. The van der Waals surface area contributed by atoms with Crippen LogP contribution in [-0.4, -0.2) is 69.6 Å². The number of methoxy groups -OCH3 is 2. The Morgan fingerprint density at radius 3 is 1.83 bits per heavy atom. The number of nitrogens with one attached hydrogen (secondary N) is 2. The molecule has 0 aromatic heterocycles. The fourth-order valence-electron chi connectivity index (χ4n) is 5.53. The second kappa shape index (κ2) is 18.2. The third-order valence-corrected chi connectivity index (χ3v) is 10.1. The molecule has 0 spiro atoms. The first kappa shape index (κ1) is 38.0. The quantitative estimate of drug-likeness (QED) is 0.132. The van der Waals surface area contributed by atoms with Crippen molar-refractivity contribution in [3.63, 3.8) is 0 Å². The molecule has 11 nitrogen and oxygen atoms in total. The number of nitrogens with two attached hydrogens (primary N) is 1. The molecule has 2 amide bonds. The van der Waals surface area contributed by atoms with Gasteiger partial charge in [0, 0.05) is 24.2 Å². The summed E-state index contributed by atoms with van der Waals surface area (Å²) in [5.74, 6) is -1.41. The van der Waals surface area contributed by atoms with Crippen molar-refractivity contribution in [2.45, 2.75) is 75.4 Å². The number of amides is 2. The first-order valence-electron chi connectivity index (χ1n) is 16.1. The smallest absolute Gasteiger partial charge is 0.407 e. The van der Waals surface area contributed by atoms with Crippen molar-refractivity contribution < 1.29 is 32.3 Å². The minimum absolute atomic E-state index is 0.0329. The van der Waals surface area contributed by atoms with E-state index in [1.54, 1.807) is 0 Å². The summed E-state index contributed by atoms with van der Waals surface area (Å²) in [7, 11) is -1.60. The van der Waals surface area contributed by atoms with Gasteiger partial charge in [-0.3, -0.25) is 9.59 Å². The molecule has 3 aromatic rings. The van der Waals surface area contributed by atoms with Gasteiger partial charge in [0.25, 0.3) is 0 Å². The molecule has 3 atom stereocenters. The summed E-state index contributed by atoms with van der Waals surface area (Å²) >= 11 is 0. The van der Waals surface area contributed by atoms with Crippen molar-refractivity contribution in [1.29, 1.82) is 0 Å². The highest BCUT2D eigenvalue weighted by atomic mass is 32.2. The van der Waals surface area contributed by atoms with Gasteiger partial charge < -0.3 is 25.8 Å². The highest BCUT2D eigenvalue weighted by molar-refractivity contribution is 7.89. The molecule has 0 fully saturated rings. The van der Waals surface area contributed by atoms with Crippen LogP contribution in [0.3, 0.4) is 0 Å². The molecule has 0 aliphatic heterocycles. The van der Waals surface area contributed by atoms with E-state index in [0.29, 0.717) is 24.9 Å². The summed E-state index contributed by atoms with van der Waals surface area (Å²) in [6.07, 6.45) is 0.772. The Labute approximate surface area is 284 Å². The predicted octanol–water partition coefficient (Wildman–Crippen LogP) is 5.08. The number of anilines is 1. The Hall–Kier alpha value is -4.42. The fourth-order valence-corrected chi connectivity index (χ4v) is 7.15. The first-order valence-corrected chi connectivity index (χ1v) is 17.5. The molecule has 1 unspecified atom stereocenters. The minimum Gasteiger partial charge on any atom is -0.468 e. The van der Waals surface area contributed by atoms with Crippen LogP contribution < -0.4 is 16.4 Å². The van der Waals surface area contributed by atoms with E-state index in [0.717, 1.165) is 11.1 Å². The van der Waals surface area contributed by atoms with E-state index in [1.807, 2.05) is 81.4 Å². The van der Waals surface area contributed by atoms with E-state index in [4.69, 9.17) is 15.2 Å². The topological polar surface area (TPSA) is 157 Å². The van der Waals surface area contributed by atoms with Crippen molar-refractivity contribution in [2.24, 2.45) is 5.92 Å². The van der Waals surface area contributed by atoms with Crippen molar-refractivity contribution in [3.05, 3.63) is 96.1 Å². The van der Waals surface area contributed by atoms with Crippen LogP contribution in [0.25, 0.3) is 0 Å². The second-order valence-corrected chi connectivity index (χ2v) is 14.0. The SMILES string of the molecule is COC(=O)N[C@H](C(=O)NC(C)CCC[C@@H](C(=O)OC)N(CCC(C)C)S(=O)(=O)c1ccc(N)cc1)C(c1ccccc1)c1ccccc1. The van der Waals surface area contributed by atoms with Gasteiger partial charge in [-0.1, -0.05) is 74.5 Å². The normalized spacial score (nSPS) is 13.5. The Bertz CT molecular complexity index is 1530. The molecule has 0 heterocycles. The van der Waals surface area contributed by atoms with Gasteiger partial charge in [0.15, 0.2) is 0 Å². The third-order valence-electron chi connectivity index (χ3n) is 8.13. The van der Waals surface area contributed by atoms with Gasteiger partial charge in [-0.25, -0.2) is 13.2 Å². The number of nitrogens with zero attached hydrogens (tertiary/aromatic N) is 1. The summed E-state index contributed by atoms with van der Waals surface area (Å²) in [5, 5.41) is 5.73. The number of sulfonamides is 1. The van der Waals surface area contributed by atoms with Crippen LogP contribution in [-0.2, 0) is 29.1 Å². The summed E-state index contributed by atoms with van der Waals surface area (Å²) in [6.45, 7) is 5.90. The van der Waals surface area contributed by atoms with E-state index in [-0.39, 0.29) is 29.8 Å². The number of nitrogen functional groups attached to an aromatic ring is 1. The lowest BCUT2D eigenvalue weighted by Crippen LogP contribution is -2.52. The molecule has 0 saturated carbocycles. The number of rotatable bonds is 17. The summed E-state index contributed by atoms with van der Waals surface area (Å²) in [4.78, 5) is 39.4. The molecule has 0 saturated heterocycles. The number of carbonyl (C=O) groups is 3. The summed E-state index contributed by atoms with van der Waals surface area (Å²) in [5.41, 5.74) is 7.87. The van der Waals surface area contributed by atoms with Crippen molar-refractivity contribution in [1.82, 2.24) is 14.9 Å². The average Bonchev–Trinajstić information content (AvgIpc) is 3.07. The zero-order valence-electron chi connectivity index (χ0n) is 28.3. The molecule has 0 aliphatic rings. The van der Waals surface area contributed by atoms with Gasteiger partial charge in [-0.15, -0.1) is 0 Å². The van der Waals surface area contributed by atoms with Gasteiger partial charge in [-0.05, 0) is 73.9 Å². The maximum Gasteiger partial charge on any atom is 0.407 e. The lowest BCUT2D eigenvalue weighted by atomic mass is 9.84. The monoisotopic (exact) mass is 680 g/mol. The van der Waals surface area contributed by atoms with E-state index in [2.05, 4.69) is 10.6 Å². The van der Waals surface area contributed by atoms with Gasteiger partial charge in [0.05, 0.1) is 19.1 Å². The molecule has 12 heteroatoms. The van der Waals surface area contributed by atoms with E-state index < -0.39 is 46.0 Å². The van der Waals surface area contributed by atoms with Crippen LogP contribution in [0, 0.1) is 5.92 Å². The predicted molar refractivity (Wildman–Crippen MR) is 186 cm³/mol. The van der Waals surface area contributed by atoms with Crippen LogP contribution in [0.4, 0.5) is 10.5 Å². The van der Waals surface area contributed by atoms with Crippen molar-refractivity contribution in [2.75, 3.05) is 26.5 Å². The average molecular weight is 681 g/mol. The molecule has 0 aliphatic carbocycles. The zero-order chi connectivity index (χ0) is 35.3. The molecule has 3 rings (SSSR count). The highest BCUT2D eigenvalue weighted by Crippen LogP contribution is 2.29. The lowest BCUT2D eigenvalue weighted by molar-refractivity contribution is -0.145. The molecular formula is C36H48N4O7S. The van der Waals surface area contributed by atoms with Crippen molar-refractivity contribution >= 4 is 33.7 Å². The number of hydrogen-bond donors (Lipinski definition) is 3. The highest BCUT2D eigenvalue weighted by Gasteiger charge is 2.37. The molecular weight excluding hydrogens is 632 g/mol. The maximum absolute atomic E-state index is 13.9. The number of benzene rings is 3. The minimum atomic E-state index is -4.07. The van der Waals surface area contributed by atoms with Gasteiger partial charge in [0.1, 0.15) is 12.1 Å². The standard InChI is InChI=1S/C36H48N4O7S/c1-25(2)23-24-40(48(44,45)30-21-19-29(37)20-22-30)31(35(42)46-4)18-12-13-26(3)38-34(41)33(39-36(43)47-5)32(27-14-8-6-9-15-27)28-16-10-7-11-17-28/h6-11,14-17,19-22,25-26,31-33H,12-13,18,23-24,37H2,1-5H3,(H,38,41)(H,39,43)/t26?,31-,33-/m0/s1. The summed E-state index contributed by atoms with van der Waals surface area (Å²) < 4.78 is 38.8. The molecule has 0 radical (unpaired) electrons. The van der Waals surface area contributed by atoms with Gasteiger partial charge in [-0.2, -0.15) is 4.31 Å². The number of carbonyl (C=O) groups excluding carboxylic acids is 3. The second-order valence-electron chi connectivity index (χ2n) is 12.2. The number of esters is 1. The Morgan fingerprint density at radius 2 is 1.33 bits per heavy atom. The lowest BCUT2D eigenvalue weighted by Gasteiger charge is -2.30. The maximum atomic E-state index is 13.9. The molecule has 0 bridgehead atoms. The Morgan fingerprint density at radius 1 is 0.771 bits per heavy atom. The van der Waals surface area contributed by atoms with Gasteiger partial charge in [0.2, 0.25) is 15.9 Å².